The molecule has 5 aliphatic rings. The van der Waals surface area contributed by atoms with Gasteiger partial charge in [0.05, 0.1) is 0 Å². The summed E-state index contributed by atoms with van der Waals surface area (Å²) in [5, 5.41) is 5.35. The summed E-state index contributed by atoms with van der Waals surface area (Å²) < 4.78 is 2.58. The van der Waals surface area contributed by atoms with Crippen LogP contribution in [0.1, 0.15) is 43.2 Å². The van der Waals surface area contributed by atoms with E-state index >= 15 is 0 Å². The van der Waals surface area contributed by atoms with Gasteiger partial charge in [0, 0.05) is 42.3 Å². The summed E-state index contributed by atoms with van der Waals surface area (Å²) in [4.78, 5) is 15.7. The van der Waals surface area contributed by atoms with E-state index in [1.807, 2.05) is 11.3 Å². The van der Waals surface area contributed by atoms with Crippen LogP contribution in [0.15, 0.2) is 127 Å². The molecule has 51 heavy (non-hydrogen) atoms. The van der Waals surface area contributed by atoms with Crippen molar-refractivity contribution in [3.63, 3.8) is 0 Å². The summed E-state index contributed by atoms with van der Waals surface area (Å²) in [7, 11) is 0. The van der Waals surface area contributed by atoms with E-state index in [2.05, 4.69) is 127 Å². The lowest BCUT2D eigenvalue weighted by Gasteiger charge is -2.61. The topological polar surface area (TPSA) is 38.7 Å². The highest BCUT2D eigenvalue weighted by atomic mass is 32.1. The monoisotopic (exact) mass is 673 g/mol. The van der Waals surface area contributed by atoms with Crippen LogP contribution in [-0.4, -0.2) is 15.0 Å². The number of hydrogen-bond donors (Lipinski definition) is 0. The highest BCUT2D eigenvalue weighted by Gasteiger charge is 2.62. The molecule has 4 saturated carbocycles. The van der Waals surface area contributed by atoms with Gasteiger partial charge in [-0.25, -0.2) is 15.0 Å². The van der Waals surface area contributed by atoms with Crippen molar-refractivity contribution in [1.29, 1.82) is 0 Å². The third kappa shape index (κ3) is 3.97. The summed E-state index contributed by atoms with van der Waals surface area (Å²) in [6, 6.07) is 46.8. The minimum absolute atomic E-state index is 0.0398. The quantitative estimate of drug-likeness (QED) is 0.187. The zero-order valence-corrected chi connectivity index (χ0v) is 29.0. The number of fused-ring (bicyclic) bond motifs is 8. The maximum Gasteiger partial charge on any atom is 0.164 e. The van der Waals surface area contributed by atoms with Gasteiger partial charge in [-0.3, -0.25) is 0 Å². The fourth-order valence-corrected chi connectivity index (χ4v) is 12.4. The van der Waals surface area contributed by atoms with Crippen molar-refractivity contribution >= 4 is 42.3 Å². The molecule has 8 aromatic rings. The van der Waals surface area contributed by atoms with Crippen molar-refractivity contribution in [2.75, 3.05) is 0 Å². The molecule has 2 heterocycles. The van der Waals surface area contributed by atoms with Gasteiger partial charge in [-0.1, -0.05) is 97.1 Å². The van der Waals surface area contributed by atoms with Crippen LogP contribution in [0.3, 0.4) is 0 Å². The molecule has 4 heteroatoms. The molecule has 0 unspecified atom stereocenters. The molecule has 1 spiro atoms. The number of benzene rings is 6. The molecule has 4 bridgehead atoms. The Hall–Kier alpha value is -5.19. The van der Waals surface area contributed by atoms with Gasteiger partial charge in [-0.05, 0) is 119 Å². The number of thiophene rings is 1. The Morgan fingerprint density at radius 2 is 1.08 bits per heavy atom. The minimum Gasteiger partial charge on any atom is -0.208 e. The molecule has 2 aromatic heterocycles. The van der Waals surface area contributed by atoms with E-state index < -0.39 is 0 Å². The Morgan fingerprint density at radius 3 is 1.86 bits per heavy atom. The Morgan fingerprint density at radius 1 is 0.471 bits per heavy atom. The van der Waals surface area contributed by atoms with Crippen LogP contribution in [-0.2, 0) is 5.41 Å². The molecule has 0 saturated heterocycles. The van der Waals surface area contributed by atoms with E-state index in [9.17, 15) is 0 Å². The molecular weight excluding hydrogens is 639 g/mol. The molecular formula is C47H35N3S. The van der Waals surface area contributed by atoms with E-state index in [1.54, 1.807) is 5.56 Å². The van der Waals surface area contributed by atoms with Gasteiger partial charge >= 0.3 is 0 Å². The predicted molar refractivity (Wildman–Crippen MR) is 210 cm³/mol. The minimum atomic E-state index is 0.0398. The van der Waals surface area contributed by atoms with Crippen molar-refractivity contribution in [2.45, 2.75) is 37.5 Å². The van der Waals surface area contributed by atoms with Crippen LogP contribution in [0, 0.1) is 23.7 Å². The van der Waals surface area contributed by atoms with E-state index in [1.165, 1.54) is 79.7 Å². The van der Waals surface area contributed by atoms with Gasteiger partial charge in [-0.2, -0.15) is 0 Å². The lowest BCUT2D eigenvalue weighted by Crippen LogP contribution is -2.55. The molecule has 3 nitrogen and oxygen atoms in total. The third-order valence-electron chi connectivity index (χ3n) is 13.1. The van der Waals surface area contributed by atoms with Crippen LogP contribution in [0.4, 0.5) is 0 Å². The zero-order valence-electron chi connectivity index (χ0n) is 28.2. The van der Waals surface area contributed by atoms with E-state index in [0.29, 0.717) is 17.7 Å². The standard InChI is InChI=1S/C47H35N3S/c1-2-9-30(10-3-1)44-48-45(31-16-19-42-39(25-31)37-12-6-7-13-41(37)51-42)50-46(49-44)32-15-17-36-38-18-14-29-8-4-5-11-35(29)43(38)47(40(36)26-32)33-21-27-20-28(23-33)24-34(47)22-27/h1-19,25-28,33-34H,20-24H2. The van der Waals surface area contributed by atoms with Gasteiger partial charge in [0.2, 0.25) is 0 Å². The molecule has 0 amide bonds. The second kappa shape index (κ2) is 10.4. The van der Waals surface area contributed by atoms with Gasteiger partial charge in [-0.15, -0.1) is 11.3 Å². The van der Waals surface area contributed by atoms with Gasteiger partial charge < -0.3 is 0 Å². The molecule has 4 fully saturated rings. The van der Waals surface area contributed by atoms with Crippen molar-refractivity contribution < 1.29 is 0 Å². The molecule has 244 valence electrons. The number of aromatic nitrogens is 3. The molecule has 0 aliphatic heterocycles. The van der Waals surface area contributed by atoms with Crippen molar-refractivity contribution in [3.05, 3.63) is 139 Å². The molecule has 0 radical (unpaired) electrons. The highest BCUT2D eigenvalue weighted by molar-refractivity contribution is 7.25. The summed E-state index contributed by atoms with van der Waals surface area (Å²) >= 11 is 1.84. The third-order valence-corrected chi connectivity index (χ3v) is 14.2. The van der Waals surface area contributed by atoms with Crippen LogP contribution < -0.4 is 0 Å². The Labute approximate surface area is 301 Å². The first kappa shape index (κ1) is 28.5. The van der Waals surface area contributed by atoms with Crippen molar-refractivity contribution in [2.24, 2.45) is 23.7 Å². The first-order valence-corrected chi connectivity index (χ1v) is 19.4. The summed E-state index contributed by atoms with van der Waals surface area (Å²) in [5.41, 5.74) is 9.14. The highest BCUT2D eigenvalue weighted by Crippen LogP contribution is 2.70. The van der Waals surface area contributed by atoms with E-state index in [-0.39, 0.29) is 5.41 Å². The Kier molecular flexibility index (Phi) is 5.83. The second-order valence-corrected chi connectivity index (χ2v) is 16.7. The fourth-order valence-electron chi connectivity index (χ4n) is 11.3. The second-order valence-electron chi connectivity index (χ2n) is 15.6. The smallest absolute Gasteiger partial charge is 0.164 e. The van der Waals surface area contributed by atoms with Crippen LogP contribution in [0.25, 0.3) is 76.2 Å². The number of nitrogens with zero attached hydrogens (tertiary/aromatic N) is 3. The summed E-state index contributed by atoms with van der Waals surface area (Å²) in [6.07, 6.45) is 6.86. The molecule has 6 aromatic carbocycles. The largest absolute Gasteiger partial charge is 0.208 e. The molecule has 5 aliphatic carbocycles. The van der Waals surface area contributed by atoms with E-state index in [0.717, 1.165) is 40.2 Å². The maximum atomic E-state index is 5.30. The fraction of sp³-hybridized carbons (Fsp3) is 0.213. The first-order chi connectivity index (χ1) is 25.2. The number of hydrogen-bond acceptors (Lipinski definition) is 4. The van der Waals surface area contributed by atoms with Gasteiger partial charge in [0.1, 0.15) is 0 Å². The van der Waals surface area contributed by atoms with Gasteiger partial charge in [0.25, 0.3) is 0 Å². The number of rotatable bonds is 3. The van der Waals surface area contributed by atoms with Crippen LogP contribution in [0.2, 0.25) is 0 Å². The molecule has 13 rings (SSSR count). The average molecular weight is 674 g/mol. The van der Waals surface area contributed by atoms with E-state index in [4.69, 9.17) is 15.0 Å². The van der Waals surface area contributed by atoms with Crippen molar-refractivity contribution in [1.82, 2.24) is 15.0 Å². The predicted octanol–water partition coefficient (Wildman–Crippen LogP) is 12.1. The average Bonchev–Trinajstić information content (AvgIpc) is 3.70. The normalized spacial score (nSPS) is 24.2. The first-order valence-electron chi connectivity index (χ1n) is 18.6. The molecule has 0 atom stereocenters. The van der Waals surface area contributed by atoms with Crippen LogP contribution in [0.5, 0.6) is 0 Å². The van der Waals surface area contributed by atoms with Gasteiger partial charge in [0.15, 0.2) is 17.5 Å². The zero-order chi connectivity index (χ0) is 33.3. The van der Waals surface area contributed by atoms with Crippen LogP contribution >= 0.6 is 11.3 Å². The Balaban J connectivity index is 1.08. The SMILES string of the molecule is c1ccc(-c2nc(-c3ccc4c(c3)C3(c5c-4ccc4ccccc54)C4CC5CC(C4)CC3C5)nc(-c3ccc4sc5ccccc5c4c3)n2)cc1. The maximum absolute atomic E-state index is 5.30. The molecule has 0 N–H and O–H groups in total. The van der Waals surface area contributed by atoms with Crippen molar-refractivity contribution in [3.8, 4) is 45.3 Å². The Bertz CT molecular complexity index is 2700. The lowest BCUT2D eigenvalue weighted by atomic mass is 9.43. The summed E-state index contributed by atoms with van der Waals surface area (Å²) in [6.45, 7) is 0. The lowest BCUT2D eigenvalue weighted by molar-refractivity contribution is -0.0393. The summed E-state index contributed by atoms with van der Waals surface area (Å²) in [5.74, 6) is 5.31.